The van der Waals surface area contributed by atoms with Gasteiger partial charge in [-0.3, -0.25) is 11.7 Å². The Bertz CT molecular complexity index is 104. The van der Waals surface area contributed by atoms with E-state index < -0.39 is 0 Å². The van der Waals surface area contributed by atoms with Crippen LogP contribution in [-0.4, -0.2) is 36.2 Å². The van der Waals surface area contributed by atoms with Crippen molar-refractivity contribution < 1.29 is 0 Å². The second-order valence-corrected chi connectivity index (χ2v) is 2.96. The van der Waals surface area contributed by atoms with E-state index >= 15 is 0 Å². The Labute approximate surface area is 61.7 Å². The Morgan fingerprint density at radius 1 is 1.60 bits per heavy atom. The highest BCUT2D eigenvalue weighted by molar-refractivity contribution is 4.73. The van der Waals surface area contributed by atoms with Gasteiger partial charge in [-0.15, -0.1) is 0 Å². The summed E-state index contributed by atoms with van der Waals surface area (Å²) in [6.07, 6.45) is 2.32. The Hall–Kier alpha value is -0.160. The van der Waals surface area contributed by atoms with Crippen molar-refractivity contribution in [3.63, 3.8) is 0 Å². The Morgan fingerprint density at radius 2 is 2.30 bits per heavy atom. The molecule has 0 amide bonds. The highest BCUT2D eigenvalue weighted by atomic mass is 15.5. The number of hydrogen-bond acceptors (Lipinski definition) is 4. The highest BCUT2D eigenvalue weighted by Gasteiger charge is 2.18. The molecule has 0 aromatic rings. The molecule has 4 N–H and O–H groups in total. The van der Waals surface area contributed by atoms with Crippen LogP contribution in [0.15, 0.2) is 0 Å². The van der Waals surface area contributed by atoms with Gasteiger partial charge in [-0.05, 0) is 12.8 Å². The summed E-state index contributed by atoms with van der Waals surface area (Å²) >= 11 is 0. The van der Waals surface area contributed by atoms with E-state index in [0.717, 1.165) is 19.5 Å². The molecule has 0 spiro atoms. The van der Waals surface area contributed by atoms with Gasteiger partial charge >= 0.3 is 0 Å². The lowest BCUT2D eigenvalue weighted by Gasteiger charge is -2.32. The van der Waals surface area contributed by atoms with Crippen molar-refractivity contribution in [3.8, 4) is 0 Å². The average Bonchev–Trinajstić information content (AvgIpc) is 1.88. The molecular weight excluding hydrogens is 128 g/mol. The summed E-state index contributed by atoms with van der Waals surface area (Å²) in [5.74, 6) is 11.2. The third-order valence-corrected chi connectivity index (χ3v) is 2.00. The number of likely N-dealkylation sites (N-methyl/N-ethyl adjacent to an activating group) is 1. The summed E-state index contributed by atoms with van der Waals surface area (Å²) in [7, 11) is 1.89. The van der Waals surface area contributed by atoms with E-state index in [4.69, 9.17) is 11.7 Å². The number of nitrogens with zero attached hydrogens (tertiary/aromatic N) is 2. The van der Waals surface area contributed by atoms with Crippen LogP contribution in [-0.2, 0) is 0 Å². The molecule has 0 aromatic carbocycles. The third-order valence-electron chi connectivity index (χ3n) is 2.00. The van der Waals surface area contributed by atoms with Gasteiger partial charge in [-0.1, -0.05) is 0 Å². The first-order valence-corrected chi connectivity index (χ1v) is 3.67. The second-order valence-electron chi connectivity index (χ2n) is 2.96. The summed E-state index contributed by atoms with van der Waals surface area (Å²) < 4.78 is 0. The van der Waals surface area contributed by atoms with Crippen LogP contribution < -0.4 is 11.7 Å². The molecule has 4 nitrogen and oxygen atoms in total. The molecule has 1 fully saturated rings. The number of hydrazine groups is 2. The van der Waals surface area contributed by atoms with Crippen molar-refractivity contribution in [2.45, 2.75) is 18.9 Å². The third kappa shape index (κ3) is 1.91. The van der Waals surface area contributed by atoms with Crippen molar-refractivity contribution in [1.82, 2.24) is 10.0 Å². The molecule has 1 saturated heterocycles. The predicted molar refractivity (Wildman–Crippen MR) is 40.7 cm³/mol. The molecule has 1 heterocycles. The van der Waals surface area contributed by atoms with Gasteiger partial charge in [-0.2, -0.15) is 0 Å². The van der Waals surface area contributed by atoms with Crippen LogP contribution in [0.25, 0.3) is 0 Å². The summed E-state index contributed by atoms with van der Waals surface area (Å²) in [4.78, 5) is 0. The monoisotopic (exact) mass is 144 g/mol. The Morgan fingerprint density at radius 3 is 2.70 bits per heavy atom. The summed E-state index contributed by atoms with van der Waals surface area (Å²) in [6.45, 7) is 1.90. The standard InChI is InChI=1S/C6H16N4/c1-9(7)6-3-2-4-10(8)5-6/h6H,2-5,7-8H2,1H3. The van der Waals surface area contributed by atoms with Crippen LogP contribution in [0.4, 0.5) is 0 Å². The second kappa shape index (κ2) is 3.30. The summed E-state index contributed by atoms with van der Waals surface area (Å²) in [6, 6.07) is 0.443. The zero-order valence-corrected chi connectivity index (χ0v) is 6.45. The van der Waals surface area contributed by atoms with Gasteiger partial charge in [0, 0.05) is 26.2 Å². The van der Waals surface area contributed by atoms with Gasteiger partial charge in [-0.25, -0.2) is 10.0 Å². The lowest BCUT2D eigenvalue weighted by Crippen LogP contribution is -2.51. The van der Waals surface area contributed by atoms with Crippen LogP contribution in [0, 0.1) is 0 Å². The zero-order valence-electron chi connectivity index (χ0n) is 6.45. The molecule has 1 aliphatic rings. The molecule has 1 aliphatic heterocycles. The smallest absolute Gasteiger partial charge is 0.0379 e. The Kier molecular flexibility index (Phi) is 2.62. The maximum atomic E-state index is 5.61. The molecule has 10 heavy (non-hydrogen) atoms. The lowest BCUT2D eigenvalue weighted by atomic mass is 10.1. The van der Waals surface area contributed by atoms with E-state index in [1.807, 2.05) is 12.1 Å². The van der Waals surface area contributed by atoms with Crippen LogP contribution >= 0.6 is 0 Å². The highest BCUT2D eigenvalue weighted by Crippen LogP contribution is 2.08. The molecule has 0 radical (unpaired) electrons. The summed E-state index contributed by atoms with van der Waals surface area (Å²) in [5, 5.41) is 3.58. The first-order chi connectivity index (χ1) is 4.70. The molecule has 0 saturated carbocycles. The van der Waals surface area contributed by atoms with Gasteiger partial charge in [0.2, 0.25) is 0 Å². The number of piperidine rings is 1. The first-order valence-electron chi connectivity index (χ1n) is 3.67. The maximum Gasteiger partial charge on any atom is 0.0379 e. The first kappa shape index (κ1) is 7.94. The molecular formula is C6H16N4. The quantitative estimate of drug-likeness (QED) is 0.371. The van der Waals surface area contributed by atoms with E-state index in [1.165, 1.54) is 6.42 Å². The fourth-order valence-electron chi connectivity index (χ4n) is 1.32. The van der Waals surface area contributed by atoms with E-state index in [1.54, 1.807) is 5.01 Å². The Balaban J connectivity index is 2.32. The number of nitrogens with two attached hydrogens (primary N) is 2. The predicted octanol–water partition coefficient (Wildman–Crippen LogP) is -0.870. The zero-order chi connectivity index (χ0) is 7.56. The van der Waals surface area contributed by atoms with Gasteiger partial charge in [0.05, 0.1) is 0 Å². The van der Waals surface area contributed by atoms with E-state index in [2.05, 4.69) is 0 Å². The van der Waals surface area contributed by atoms with Crippen molar-refractivity contribution in [1.29, 1.82) is 0 Å². The topological polar surface area (TPSA) is 58.5 Å². The van der Waals surface area contributed by atoms with Crippen LogP contribution in [0.2, 0.25) is 0 Å². The fourth-order valence-corrected chi connectivity index (χ4v) is 1.32. The minimum absolute atomic E-state index is 0.443. The molecule has 1 unspecified atom stereocenters. The van der Waals surface area contributed by atoms with E-state index in [-0.39, 0.29) is 0 Å². The maximum absolute atomic E-state index is 5.61. The van der Waals surface area contributed by atoms with E-state index in [0.29, 0.717) is 6.04 Å². The van der Waals surface area contributed by atoms with Crippen molar-refractivity contribution >= 4 is 0 Å². The molecule has 1 atom stereocenters. The van der Waals surface area contributed by atoms with Crippen LogP contribution in [0.5, 0.6) is 0 Å². The fraction of sp³-hybridized carbons (Fsp3) is 1.00. The van der Waals surface area contributed by atoms with Crippen LogP contribution in [0.1, 0.15) is 12.8 Å². The SMILES string of the molecule is CN(N)C1CCCN(N)C1. The minimum Gasteiger partial charge on any atom is -0.269 e. The molecule has 4 heteroatoms. The minimum atomic E-state index is 0.443. The molecule has 0 bridgehead atoms. The van der Waals surface area contributed by atoms with Gasteiger partial charge in [0.25, 0.3) is 0 Å². The average molecular weight is 144 g/mol. The van der Waals surface area contributed by atoms with Gasteiger partial charge < -0.3 is 0 Å². The normalized spacial score (nSPS) is 29.4. The van der Waals surface area contributed by atoms with E-state index in [9.17, 15) is 0 Å². The summed E-state index contributed by atoms with van der Waals surface area (Å²) in [5.41, 5.74) is 0. The van der Waals surface area contributed by atoms with Gasteiger partial charge in [0.1, 0.15) is 0 Å². The van der Waals surface area contributed by atoms with Crippen LogP contribution in [0.3, 0.4) is 0 Å². The van der Waals surface area contributed by atoms with Crippen molar-refractivity contribution in [2.24, 2.45) is 11.7 Å². The molecule has 1 rings (SSSR count). The lowest BCUT2D eigenvalue weighted by molar-refractivity contribution is 0.118. The largest absolute Gasteiger partial charge is 0.269 e. The van der Waals surface area contributed by atoms with Crippen molar-refractivity contribution in [3.05, 3.63) is 0 Å². The molecule has 60 valence electrons. The molecule has 0 aliphatic carbocycles. The van der Waals surface area contributed by atoms with Gasteiger partial charge in [0.15, 0.2) is 0 Å². The van der Waals surface area contributed by atoms with Crippen molar-refractivity contribution in [2.75, 3.05) is 20.1 Å². The molecule has 0 aromatic heterocycles. The number of rotatable bonds is 1. The number of hydrogen-bond donors (Lipinski definition) is 2.